The molecule has 1 aromatic rings. The van der Waals surface area contributed by atoms with E-state index in [1.807, 2.05) is 5.32 Å². The summed E-state index contributed by atoms with van der Waals surface area (Å²) in [7, 11) is 0. The summed E-state index contributed by atoms with van der Waals surface area (Å²) in [5.41, 5.74) is 0.194. The Hall–Kier alpha value is -1.57. The molecule has 0 fully saturated rings. The number of aromatic nitrogens is 1. The van der Waals surface area contributed by atoms with Gasteiger partial charge in [0, 0.05) is 0 Å². The van der Waals surface area contributed by atoms with Crippen molar-refractivity contribution in [2.75, 3.05) is 6.54 Å². The smallest absolute Gasteiger partial charge is 0.347 e. The van der Waals surface area contributed by atoms with E-state index in [0.717, 1.165) is 0 Å². The van der Waals surface area contributed by atoms with Crippen LogP contribution in [-0.2, 0) is 0 Å². The number of halogens is 2. The molecule has 0 aliphatic rings. The fourth-order valence-electron chi connectivity index (χ4n) is 0.937. The van der Waals surface area contributed by atoms with Crippen molar-refractivity contribution in [3.63, 3.8) is 0 Å². The van der Waals surface area contributed by atoms with E-state index >= 15 is 0 Å². The van der Waals surface area contributed by atoms with Gasteiger partial charge in [0.1, 0.15) is 4.88 Å². The number of rotatable bonds is 4. The molecule has 2 N–H and O–H groups in total. The number of aryl methyl sites for hydroxylation is 1. The van der Waals surface area contributed by atoms with Gasteiger partial charge < -0.3 is 10.4 Å². The van der Waals surface area contributed by atoms with Crippen molar-refractivity contribution >= 4 is 23.2 Å². The molecule has 88 valence electrons. The topological polar surface area (TPSA) is 79.3 Å². The minimum atomic E-state index is -2.65. The zero-order chi connectivity index (χ0) is 12.3. The number of nitrogens with one attached hydrogen (secondary N) is 1. The maximum atomic E-state index is 11.8. The molecular formula is C8H8F2N2O3S. The third-order valence-corrected chi connectivity index (χ3v) is 2.75. The van der Waals surface area contributed by atoms with E-state index in [1.54, 1.807) is 0 Å². The highest BCUT2D eigenvalue weighted by Gasteiger charge is 2.18. The Bertz CT molecular complexity index is 419. The molecule has 0 saturated carbocycles. The van der Waals surface area contributed by atoms with Crippen molar-refractivity contribution < 1.29 is 23.5 Å². The Balaban J connectivity index is 2.77. The number of alkyl halides is 2. The Morgan fingerprint density at radius 3 is 2.62 bits per heavy atom. The number of carboxylic acid groups (broad SMARTS) is 1. The molecule has 1 aromatic heterocycles. The summed E-state index contributed by atoms with van der Waals surface area (Å²) in [4.78, 5) is 25.5. The van der Waals surface area contributed by atoms with Crippen LogP contribution in [0.5, 0.6) is 0 Å². The van der Waals surface area contributed by atoms with E-state index in [4.69, 9.17) is 5.11 Å². The van der Waals surface area contributed by atoms with Crippen LogP contribution in [0, 0.1) is 6.92 Å². The van der Waals surface area contributed by atoms with Gasteiger partial charge in [-0.15, -0.1) is 11.3 Å². The maximum absolute atomic E-state index is 11.8. The van der Waals surface area contributed by atoms with Gasteiger partial charge in [-0.3, -0.25) is 4.79 Å². The van der Waals surface area contributed by atoms with Crippen molar-refractivity contribution in [2.45, 2.75) is 13.3 Å². The monoisotopic (exact) mass is 250 g/mol. The Kier molecular flexibility index (Phi) is 3.88. The van der Waals surface area contributed by atoms with Crippen molar-refractivity contribution in [2.24, 2.45) is 0 Å². The summed E-state index contributed by atoms with van der Waals surface area (Å²) < 4.78 is 23.6. The predicted octanol–water partition coefficient (Wildman–Crippen LogP) is 1.14. The second kappa shape index (κ2) is 4.97. The molecule has 0 spiro atoms. The van der Waals surface area contributed by atoms with Gasteiger partial charge in [0.2, 0.25) is 0 Å². The van der Waals surface area contributed by atoms with E-state index < -0.39 is 24.8 Å². The first-order chi connectivity index (χ1) is 7.41. The summed E-state index contributed by atoms with van der Waals surface area (Å²) in [5, 5.41) is 10.5. The number of thiazole rings is 1. The number of carbonyl (C=O) groups is 2. The molecule has 1 amide bonds. The number of carboxylic acids is 1. The minimum absolute atomic E-state index is 0.0674. The first kappa shape index (κ1) is 12.5. The SMILES string of the molecule is Cc1nc(C(=O)NCC(F)F)sc1C(=O)O. The lowest BCUT2D eigenvalue weighted by atomic mass is 10.4. The van der Waals surface area contributed by atoms with Crippen LogP contribution in [0.25, 0.3) is 0 Å². The highest BCUT2D eigenvalue weighted by atomic mass is 32.1. The number of aromatic carboxylic acids is 1. The van der Waals surface area contributed by atoms with Crippen LogP contribution in [0.3, 0.4) is 0 Å². The average molecular weight is 250 g/mol. The normalized spacial score (nSPS) is 10.5. The average Bonchev–Trinajstić information content (AvgIpc) is 2.56. The third kappa shape index (κ3) is 2.96. The predicted molar refractivity (Wildman–Crippen MR) is 52.1 cm³/mol. The van der Waals surface area contributed by atoms with Gasteiger partial charge in [-0.1, -0.05) is 0 Å². The highest BCUT2D eigenvalue weighted by Crippen LogP contribution is 2.17. The zero-order valence-electron chi connectivity index (χ0n) is 8.16. The molecular weight excluding hydrogens is 242 g/mol. The maximum Gasteiger partial charge on any atom is 0.347 e. The molecule has 0 aromatic carbocycles. The fraction of sp³-hybridized carbons (Fsp3) is 0.375. The largest absolute Gasteiger partial charge is 0.477 e. The van der Waals surface area contributed by atoms with E-state index in [2.05, 4.69) is 4.98 Å². The molecule has 16 heavy (non-hydrogen) atoms. The molecule has 1 heterocycles. The van der Waals surface area contributed by atoms with E-state index in [9.17, 15) is 18.4 Å². The van der Waals surface area contributed by atoms with Crippen LogP contribution in [-0.4, -0.2) is 34.9 Å². The van der Waals surface area contributed by atoms with Crippen LogP contribution in [0.4, 0.5) is 8.78 Å². The van der Waals surface area contributed by atoms with E-state index in [1.165, 1.54) is 6.92 Å². The second-order valence-corrected chi connectivity index (χ2v) is 3.84. The van der Waals surface area contributed by atoms with Crippen LogP contribution >= 0.6 is 11.3 Å². The lowest BCUT2D eigenvalue weighted by Gasteiger charge is -2.00. The molecule has 0 saturated heterocycles. The van der Waals surface area contributed by atoms with Gasteiger partial charge in [-0.05, 0) is 6.92 Å². The van der Waals surface area contributed by atoms with Crippen LogP contribution in [0.15, 0.2) is 0 Å². The van der Waals surface area contributed by atoms with Crippen molar-refractivity contribution in [3.8, 4) is 0 Å². The van der Waals surface area contributed by atoms with Gasteiger partial charge >= 0.3 is 5.97 Å². The Labute approximate surface area is 93.1 Å². The number of nitrogens with zero attached hydrogens (tertiary/aromatic N) is 1. The highest BCUT2D eigenvalue weighted by molar-refractivity contribution is 7.15. The van der Waals surface area contributed by atoms with Gasteiger partial charge in [-0.2, -0.15) is 0 Å². The summed E-state index contributed by atoms with van der Waals surface area (Å²) >= 11 is 0.660. The number of carbonyl (C=O) groups excluding carboxylic acids is 1. The molecule has 0 unspecified atom stereocenters. The lowest BCUT2D eigenvalue weighted by Crippen LogP contribution is -2.28. The first-order valence-corrected chi connectivity index (χ1v) is 5.00. The number of hydrogen-bond acceptors (Lipinski definition) is 4. The van der Waals surface area contributed by atoms with Gasteiger partial charge in [0.25, 0.3) is 12.3 Å². The Morgan fingerprint density at radius 1 is 1.56 bits per heavy atom. The van der Waals surface area contributed by atoms with Crippen LogP contribution in [0.1, 0.15) is 25.2 Å². The minimum Gasteiger partial charge on any atom is -0.477 e. The molecule has 1 rings (SSSR count). The number of hydrogen-bond donors (Lipinski definition) is 2. The fourth-order valence-corrected chi connectivity index (χ4v) is 1.76. The van der Waals surface area contributed by atoms with Gasteiger partial charge in [-0.25, -0.2) is 18.6 Å². The third-order valence-electron chi connectivity index (χ3n) is 1.60. The Morgan fingerprint density at radius 2 is 2.19 bits per heavy atom. The molecule has 0 aliphatic heterocycles. The second-order valence-electron chi connectivity index (χ2n) is 2.84. The summed E-state index contributed by atoms with van der Waals surface area (Å²) in [5.74, 6) is -1.98. The molecule has 0 bridgehead atoms. The summed E-state index contributed by atoms with van der Waals surface area (Å²) in [6, 6.07) is 0. The molecule has 0 atom stereocenters. The molecule has 0 radical (unpaired) electrons. The van der Waals surface area contributed by atoms with Gasteiger partial charge in [0.15, 0.2) is 5.01 Å². The van der Waals surface area contributed by atoms with E-state index in [-0.39, 0.29) is 15.6 Å². The van der Waals surface area contributed by atoms with Gasteiger partial charge in [0.05, 0.1) is 12.2 Å². The standard InChI is InChI=1S/C8H8F2N2O3S/c1-3-5(8(14)15)16-7(12-3)6(13)11-2-4(9)10/h4H,2H2,1H3,(H,11,13)(H,14,15). The lowest BCUT2D eigenvalue weighted by molar-refractivity contribution is 0.0701. The van der Waals surface area contributed by atoms with Crippen LogP contribution < -0.4 is 5.32 Å². The van der Waals surface area contributed by atoms with Crippen LogP contribution in [0.2, 0.25) is 0 Å². The first-order valence-electron chi connectivity index (χ1n) is 4.19. The molecule has 5 nitrogen and oxygen atoms in total. The summed E-state index contributed by atoms with van der Waals surface area (Å²) in [6.07, 6.45) is -2.65. The van der Waals surface area contributed by atoms with Crippen molar-refractivity contribution in [1.82, 2.24) is 10.3 Å². The van der Waals surface area contributed by atoms with Crippen molar-refractivity contribution in [1.29, 1.82) is 0 Å². The quantitative estimate of drug-likeness (QED) is 0.840. The zero-order valence-corrected chi connectivity index (χ0v) is 8.98. The van der Waals surface area contributed by atoms with E-state index in [0.29, 0.717) is 11.3 Å². The molecule has 8 heteroatoms. The summed E-state index contributed by atoms with van der Waals surface area (Å²) in [6.45, 7) is 0.656. The number of amides is 1. The van der Waals surface area contributed by atoms with Crippen molar-refractivity contribution in [3.05, 3.63) is 15.6 Å². The molecule has 0 aliphatic carbocycles.